The molecule has 0 aliphatic carbocycles. The molecule has 2 fully saturated rings. The van der Waals surface area contributed by atoms with Gasteiger partial charge in [0.25, 0.3) is 0 Å². The molecule has 0 unspecified atom stereocenters. The van der Waals surface area contributed by atoms with E-state index >= 15 is 0 Å². The van der Waals surface area contributed by atoms with E-state index in [1.807, 2.05) is 0 Å². The zero-order valence-electron chi connectivity index (χ0n) is 21.0. The van der Waals surface area contributed by atoms with E-state index in [1.54, 1.807) is 0 Å². The molecule has 0 saturated carbocycles. The predicted octanol–water partition coefficient (Wildman–Crippen LogP) is -1.78. The van der Waals surface area contributed by atoms with Crippen LogP contribution in [0.15, 0.2) is 45.6 Å². The van der Waals surface area contributed by atoms with Crippen molar-refractivity contribution in [1.29, 1.82) is 0 Å². The predicted molar refractivity (Wildman–Crippen MR) is 134 cm³/mol. The van der Waals surface area contributed by atoms with Crippen LogP contribution in [0.2, 0.25) is 0 Å². The van der Waals surface area contributed by atoms with E-state index in [9.17, 15) is 50.8 Å². The molecule has 222 valence electrons. The highest BCUT2D eigenvalue weighted by molar-refractivity contribution is 5.88. The first-order chi connectivity index (χ1) is 19.5. The van der Waals surface area contributed by atoms with E-state index < -0.39 is 91.2 Å². The molecule has 3 heterocycles. The summed E-state index contributed by atoms with van der Waals surface area (Å²) in [6, 6.07) is 7.37. The lowest BCUT2D eigenvalue weighted by Gasteiger charge is -2.41. The molecule has 1 aromatic heterocycles. The van der Waals surface area contributed by atoms with Gasteiger partial charge in [-0.05, 0) is 24.3 Å². The number of fused-ring (bicyclic) bond motifs is 1. The number of benzene rings is 2. The molecule has 15 nitrogen and oxygen atoms in total. The maximum absolute atomic E-state index is 13.6. The summed E-state index contributed by atoms with van der Waals surface area (Å²) in [5.41, 5.74) is -0.926. The first-order valence-corrected chi connectivity index (χ1v) is 12.4. The number of hydrogen-bond acceptors (Lipinski definition) is 15. The van der Waals surface area contributed by atoms with Gasteiger partial charge in [-0.3, -0.25) is 4.79 Å². The lowest BCUT2D eigenvalue weighted by atomic mass is 9.99. The zero-order valence-corrected chi connectivity index (χ0v) is 21.0. The molecule has 9 atom stereocenters. The largest absolute Gasteiger partial charge is 0.508 e. The number of aromatic hydroxyl groups is 3. The molecule has 3 aromatic rings. The third kappa shape index (κ3) is 5.30. The smallest absolute Gasteiger partial charge is 0.239 e. The maximum atomic E-state index is 13.6. The van der Waals surface area contributed by atoms with Gasteiger partial charge in [0, 0.05) is 17.7 Å². The Labute approximate surface area is 230 Å². The monoisotopic (exact) mass is 580 g/mol. The van der Waals surface area contributed by atoms with Gasteiger partial charge >= 0.3 is 0 Å². The topological polar surface area (TPSA) is 249 Å². The number of hydrogen-bond donors (Lipinski definition) is 9. The van der Waals surface area contributed by atoms with Crippen LogP contribution < -0.4 is 10.2 Å². The molecule has 2 aliphatic heterocycles. The summed E-state index contributed by atoms with van der Waals surface area (Å²) in [5.74, 6) is -1.92. The lowest BCUT2D eigenvalue weighted by molar-refractivity contribution is -0.323. The van der Waals surface area contributed by atoms with Crippen molar-refractivity contribution in [3.63, 3.8) is 0 Å². The first-order valence-electron chi connectivity index (χ1n) is 12.4. The van der Waals surface area contributed by atoms with Crippen LogP contribution in [0.4, 0.5) is 0 Å². The van der Waals surface area contributed by atoms with E-state index in [2.05, 4.69) is 0 Å². The van der Waals surface area contributed by atoms with Gasteiger partial charge in [0.1, 0.15) is 64.8 Å². The summed E-state index contributed by atoms with van der Waals surface area (Å²) < 4.78 is 28.2. The van der Waals surface area contributed by atoms with Crippen molar-refractivity contribution in [3.8, 4) is 34.3 Å². The van der Waals surface area contributed by atoms with Crippen LogP contribution in [-0.2, 0) is 14.2 Å². The van der Waals surface area contributed by atoms with Crippen LogP contribution >= 0.6 is 0 Å². The third-order valence-corrected chi connectivity index (χ3v) is 6.90. The highest BCUT2D eigenvalue weighted by Crippen LogP contribution is 2.38. The van der Waals surface area contributed by atoms with Crippen molar-refractivity contribution in [3.05, 3.63) is 46.6 Å². The summed E-state index contributed by atoms with van der Waals surface area (Å²) in [5, 5.41) is 90.2. The molecule has 41 heavy (non-hydrogen) atoms. The van der Waals surface area contributed by atoms with E-state index in [-0.39, 0.29) is 28.0 Å². The SMILES string of the molecule is O=c1c(O[C@@H]2O[C@H](CO)[C@H](O)[C@H]2O[C@@H]2O[C@H](CO)[C@@H](O)[C@H](O)[C@H]2O)c(-c2ccc(O)cc2)oc2cc(O)cc(O)c12. The van der Waals surface area contributed by atoms with Crippen molar-refractivity contribution in [2.45, 2.75) is 55.3 Å². The fourth-order valence-electron chi connectivity index (χ4n) is 4.72. The van der Waals surface area contributed by atoms with E-state index in [0.717, 1.165) is 12.1 Å². The average Bonchev–Trinajstić information content (AvgIpc) is 3.24. The lowest BCUT2D eigenvalue weighted by Crippen LogP contribution is -2.60. The quantitative estimate of drug-likeness (QED) is 0.150. The normalized spacial score (nSPS) is 31.9. The Hall–Kier alpha value is -3.51. The second-order valence-corrected chi connectivity index (χ2v) is 9.61. The Morgan fingerprint density at radius 3 is 2.05 bits per heavy atom. The number of ether oxygens (including phenoxy) is 4. The average molecular weight is 580 g/mol. The fraction of sp³-hybridized carbons (Fsp3) is 0.423. The Kier molecular flexibility index (Phi) is 8.06. The number of aliphatic hydroxyl groups is 6. The summed E-state index contributed by atoms with van der Waals surface area (Å²) in [6.45, 7) is -1.48. The van der Waals surface area contributed by atoms with Crippen LogP contribution in [0.1, 0.15) is 0 Å². The van der Waals surface area contributed by atoms with E-state index in [4.69, 9.17) is 23.4 Å². The van der Waals surface area contributed by atoms with Gasteiger partial charge in [0.05, 0.1) is 13.2 Å². The Bertz CT molecular complexity index is 1440. The molecular weight excluding hydrogens is 552 g/mol. The minimum absolute atomic E-state index is 0.101. The number of aliphatic hydroxyl groups excluding tert-OH is 6. The Balaban J connectivity index is 1.56. The highest BCUT2D eigenvalue weighted by Gasteiger charge is 2.51. The molecule has 9 N–H and O–H groups in total. The molecule has 2 aromatic carbocycles. The third-order valence-electron chi connectivity index (χ3n) is 6.90. The van der Waals surface area contributed by atoms with Gasteiger partial charge in [0.2, 0.25) is 17.5 Å². The maximum Gasteiger partial charge on any atom is 0.239 e. The molecule has 15 heteroatoms. The summed E-state index contributed by atoms with van der Waals surface area (Å²) in [4.78, 5) is 13.6. The molecule has 0 amide bonds. The van der Waals surface area contributed by atoms with E-state index in [1.165, 1.54) is 24.3 Å². The summed E-state index contributed by atoms with van der Waals surface area (Å²) in [7, 11) is 0. The minimum Gasteiger partial charge on any atom is -0.508 e. The van der Waals surface area contributed by atoms with Crippen molar-refractivity contribution in [2.75, 3.05) is 13.2 Å². The molecule has 0 spiro atoms. The summed E-state index contributed by atoms with van der Waals surface area (Å²) in [6.07, 6.45) is -14.6. The second kappa shape index (κ2) is 11.4. The van der Waals surface area contributed by atoms with Crippen LogP contribution in [0.5, 0.6) is 23.0 Å². The Morgan fingerprint density at radius 2 is 1.39 bits per heavy atom. The highest BCUT2D eigenvalue weighted by atomic mass is 16.8. The molecule has 2 saturated heterocycles. The van der Waals surface area contributed by atoms with Gasteiger partial charge in [-0.2, -0.15) is 0 Å². The van der Waals surface area contributed by atoms with Gasteiger partial charge in [-0.25, -0.2) is 0 Å². The van der Waals surface area contributed by atoms with Gasteiger partial charge in [0.15, 0.2) is 18.2 Å². The van der Waals surface area contributed by atoms with Gasteiger partial charge in [-0.1, -0.05) is 0 Å². The van der Waals surface area contributed by atoms with Crippen molar-refractivity contribution >= 4 is 11.0 Å². The van der Waals surface area contributed by atoms with Gasteiger partial charge < -0.3 is 69.3 Å². The minimum atomic E-state index is -1.85. The standard InChI is InChI=1S/C26H28O15/c27-7-14-17(32)20(35)21(36)25(38-14)41-24-18(33)15(8-28)39-26(24)40-23-19(34)16-12(31)5-11(30)6-13(16)37-22(23)9-1-3-10(29)4-2-9/h1-6,14-15,17-18,20-21,24-33,35-36H,7-8H2/t14-,15-,17-,18+,20+,21-,24-,25+,26+/m1/s1. The molecule has 2 aliphatic rings. The Morgan fingerprint density at radius 1 is 0.756 bits per heavy atom. The van der Waals surface area contributed by atoms with Crippen molar-refractivity contribution < 1.29 is 69.3 Å². The van der Waals surface area contributed by atoms with Crippen LogP contribution in [0, 0.1) is 0 Å². The first kappa shape index (κ1) is 29.0. The number of phenols is 3. The van der Waals surface area contributed by atoms with Crippen molar-refractivity contribution in [1.82, 2.24) is 0 Å². The van der Waals surface area contributed by atoms with Crippen molar-refractivity contribution in [2.24, 2.45) is 0 Å². The molecule has 5 rings (SSSR count). The van der Waals surface area contributed by atoms with Gasteiger partial charge in [-0.15, -0.1) is 0 Å². The number of phenolic OH excluding ortho intramolecular Hbond substituents is 3. The molecule has 0 radical (unpaired) electrons. The fourth-order valence-corrected chi connectivity index (χ4v) is 4.72. The second-order valence-electron chi connectivity index (χ2n) is 9.61. The van der Waals surface area contributed by atoms with Crippen LogP contribution in [0.3, 0.4) is 0 Å². The van der Waals surface area contributed by atoms with Crippen LogP contribution in [-0.4, -0.2) is 114 Å². The van der Waals surface area contributed by atoms with Crippen LogP contribution in [0.25, 0.3) is 22.3 Å². The van der Waals surface area contributed by atoms with E-state index in [0.29, 0.717) is 0 Å². The zero-order chi connectivity index (χ0) is 29.6. The molecule has 0 bridgehead atoms. The molecular formula is C26H28O15. The summed E-state index contributed by atoms with van der Waals surface area (Å²) >= 11 is 0. The number of rotatable bonds is 7.